The summed E-state index contributed by atoms with van der Waals surface area (Å²) in [5, 5.41) is 17.6. The van der Waals surface area contributed by atoms with Crippen molar-refractivity contribution in [2.75, 3.05) is 27.2 Å². The van der Waals surface area contributed by atoms with Crippen LogP contribution in [0.2, 0.25) is 5.02 Å². The average Bonchev–Trinajstić information content (AvgIpc) is 2.80. The molecule has 7 nitrogen and oxygen atoms in total. The number of halogens is 1. The first-order chi connectivity index (χ1) is 15.4. The average molecular weight is 454 g/mol. The quantitative estimate of drug-likeness (QED) is 0.360. The van der Waals surface area contributed by atoms with Crippen LogP contribution in [-0.2, 0) is 11.2 Å². The van der Waals surface area contributed by atoms with Crippen molar-refractivity contribution in [1.82, 2.24) is 10.3 Å². The number of carbonyl (C=O) groups excluding carboxylic acids is 2. The Labute approximate surface area is 191 Å². The van der Waals surface area contributed by atoms with Crippen molar-refractivity contribution in [3.05, 3.63) is 76.3 Å². The number of nitrogens with zero attached hydrogens (tertiary/aromatic N) is 2. The number of amides is 2. The highest BCUT2D eigenvalue weighted by Crippen LogP contribution is 2.24. The van der Waals surface area contributed by atoms with Crippen molar-refractivity contribution in [2.45, 2.75) is 6.42 Å². The number of rotatable bonds is 8. The molecule has 3 aromatic rings. The minimum absolute atomic E-state index is 0.0678. The summed E-state index contributed by atoms with van der Waals surface area (Å²) in [6, 6.07) is 15.8. The SMILES string of the molecule is C[NH2+]CCN(C)C(=O)Cc1ccc(/C=N/NC(=O)c2ccc(O)c(Cl)c2)c2ccccc12. The van der Waals surface area contributed by atoms with Gasteiger partial charge in [-0.15, -0.1) is 0 Å². The van der Waals surface area contributed by atoms with Gasteiger partial charge in [0.15, 0.2) is 0 Å². The zero-order chi connectivity index (χ0) is 23.1. The molecule has 0 saturated heterocycles. The Morgan fingerprint density at radius 2 is 1.91 bits per heavy atom. The molecule has 0 bridgehead atoms. The third-order valence-electron chi connectivity index (χ3n) is 5.15. The van der Waals surface area contributed by atoms with E-state index >= 15 is 0 Å². The number of nitrogens with two attached hydrogens (primary N) is 1. The third-order valence-corrected chi connectivity index (χ3v) is 5.45. The molecule has 0 unspecified atom stereocenters. The number of benzene rings is 3. The van der Waals surface area contributed by atoms with Crippen LogP contribution in [0.5, 0.6) is 5.75 Å². The summed E-state index contributed by atoms with van der Waals surface area (Å²) in [5.41, 5.74) is 4.51. The normalized spacial score (nSPS) is 11.1. The number of phenols is 1. The molecular weight excluding hydrogens is 428 g/mol. The van der Waals surface area contributed by atoms with Crippen molar-refractivity contribution in [3.8, 4) is 5.75 Å². The Bertz CT molecular complexity index is 1160. The molecule has 0 saturated carbocycles. The standard InChI is InChI=1S/C24H25ClN4O3/c1-26-11-12-29(2)23(31)14-16-7-8-18(20-6-4-3-5-19(16)20)15-27-28-24(32)17-9-10-22(30)21(25)13-17/h3-10,13,15,26,30H,11-12,14H2,1-2H3,(H,28,32)/p+1/b27-15+. The van der Waals surface area contributed by atoms with Crippen LogP contribution in [0.15, 0.2) is 59.7 Å². The molecule has 8 heteroatoms. The third kappa shape index (κ3) is 5.63. The van der Waals surface area contributed by atoms with E-state index in [1.165, 1.54) is 18.2 Å². The van der Waals surface area contributed by atoms with Crippen molar-refractivity contribution in [1.29, 1.82) is 0 Å². The highest BCUT2D eigenvalue weighted by atomic mass is 35.5. The number of hydrogen-bond donors (Lipinski definition) is 3. The van der Waals surface area contributed by atoms with Crippen LogP contribution in [0.25, 0.3) is 10.8 Å². The van der Waals surface area contributed by atoms with Crippen LogP contribution < -0.4 is 10.7 Å². The number of aromatic hydroxyl groups is 1. The van der Waals surface area contributed by atoms with E-state index in [1.54, 1.807) is 11.1 Å². The zero-order valence-corrected chi connectivity index (χ0v) is 18.8. The van der Waals surface area contributed by atoms with Gasteiger partial charge in [0.1, 0.15) is 5.75 Å². The van der Waals surface area contributed by atoms with E-state index in [-0.39, 0.29) is 22.2 Å². The molecule has 4 N–H and O–H groups in total. The van der Waals surface area contributed by atoms with E-state index in [0.717, 1.165) is 28.4 Å². The van der Waals surface area contributed by atoms with E-state index in [9.17, 15) is 14.7 Å². The van der Waals surface area contributed by atoms with E-state index in [1.807, 2.05) is 55.8 Å². The molecule has 166 valence electrons. The number of carbonyl (C=O) groups is 2. The lowest BCUT2D eigenvalue weighted by Gasteiger charge is -2.17. The topological polar surface area (TPSA) is 98.6 Å². The fourth-order valence-electron chi connectivity index (χ4n) is 3.27. The number of likely N-dealkylation sites (N-methyl/N-ethyl adjacent to an activating group) is 2. The monoisotopic (exact) mass is 453 g/mol. The van der Waals surface area contributed by atoms with Crippen LogP contribution in [0.1, 0.15) is 21.5 Å². The number of hydrazone groups is 1. The fraction of sp³-hybridized carbons (Fsp3) is 0.208. The van der Waals surface area contributed by atoms with E-state index < -0.39 is 5.91 Å². The van der Waals surface area contributed by atoms with Crippen molar-refractivity contribution in [3.63, 3.8) is 0 Å². The summed E-state index contributed by atoms with van der Waals surface area (Å²) in [5.74, 6) is -0.466. The Kier molecular flexibility index (Phi) is 7.81. The molecule has 3 rings (SSSR count). The molecule has 0 radical (unpaired) electrons. The van der Waals surface area contributed by atoms with E-state index in [2.05, 4.69) is 10.5 Å². The van der Waals surface area contributed by atoms with Crippen molar-refractivity contribution in [2.24, 2.45) is 5.10 Å². The minimum atomic E-state index is -0.443. The van der Waals surface area contributed by atoms with Crippen molar-refractivity contribution >= 4 is 40.4 Å². The highest BCUT2D eigenvalue weighted by Gasteiger charge is 2.13. The first-order valence-corrected chi connectivity index (χ1v) is 10.6. The van der Waals surface area contributed by atoms with Crippen LogP contribution in [0.3, 0.4) is 0 Å². The van der Waals surface area contributed by atoms with Gasteiger partial charge < -0.3 is 15.3 Å². The molecule has 0 atom stereocenters. The van der Waals surface area contributed by atoms with E-state index in [0.29, 0.717) is 13.0 Å². The Balaban J connectivity index is 1.77. The smallest absolute Gasteiger partial charge is 0.271 e. The van der Waals surface area contributed by atoms with Crippen molar-refractivity contribution < 1.29 is 20.0 Å². The summed E-state index contributed by atoms with van der Waals surface area (Å²) >= 11 is 5.85. The molecule has 0 aliphatic heterocycles. The Morgan fingerprint density at radius 3 is 2.62 bits per heavy atom. The zero-order valence-electron chi connectivity index (χ0n) is 18.0. The predicted molar refractivity (Wildman–Crippen MR) is 126 cm³/mol. The van der Waals surface area contributed by atoms with Gasteiger partial charge in [-0.3, -0.25) is 9.59 Å². The summed E-state index contributed by atoms with van der Waals surface area (Å²) in [4.78, 5) is 26.6. The maximum absolute atomic E-state index is 12.6. The second-order valence-corrected chi connectivity index (χ2v) is 7.82. The Hall–Kier alpha value is -3.42. The number of quaternary nitrogens is 1. The molecule has 0 heterocycles. The van der Waals surface area contributed by atoms with Gasteiger partial charge in [0.2, 0.25) is 5.91 Å². The first-order valence-electron chi connectivity index (χ1n) is 10.2. The molecule has 0 aliphatic carbocycles. The maximum Gasteiger partial charge on any atom is 0.271 e. The van der Waals surface area contributed by atoms with Gasteiger partial charge in [0.05, 0.1) is 37.8 Å². The van der Waals surface area contributed by atoms with Gasteiger partial charge in [-0.2, -0.15) is 5.10 Å². The molecular formula is C24H26ClN4O3+. The van der Waals surface area contributed by atoms with Gasteiger partial charge in [0, 0.05) is 18.2 Å². The molecule has 0 spiro atoms. The predicted octanol–water partition coefficient (Wildman–Crippen LogP) is 2.16. The first kappa shape index (κ1) is 23.2. The molecule has 0 aromatic heterocycles. The number of nitrogens with one attached hydrogen (secondary N) is 1. The minimum Gasteiger partial charge on any atom is -0.506 e. The lowest BCUT2D eigenvalue weighted by molar-refractivity contribution is -0.626. The lowest BCUT2D eigenvalue weighted by atomic mass is 9.98. The van der Waals surface area contributed by atoms with Crippen LogP contribution in [0, 0.1) is 0 Å². The second kappa shape index (κ2) is 10.7. The summed E-state index contributed by atoms with van der Waals surface area (Å²) in [6.07, 6.45) is 1.88. The Morgan fingerprint density at radius 1 is 1.16 bits per heavy atom. The highest BCUT2D eigenvalue weighted by molar-refractivity contribution is 6.32. The van der Waals surface area contributed by atoms with Gasteiger partial charge in [-0.1, -0.05) is 48.0 Å². The van der Waals surface area contributed by atoms with Crippen LogP contribution in [0.4, 0.5) is 0 Å². The van der Waals surface area contributed by atoms with Crippen LogP contribution in [-0.4, -0.2) is 55.2 Å². The lowest BCUT2D eigenvalue weighted by Crippen LogP contribution is -2.81. The number of hydrogen-bond acceptors (Lipinski definition) is 4. The largest absolute Gasteiger partial charge is 0.506 e. The van der Waals surface area contributed by atoms with Gasteiger partial charge in [-0.05, 0) is 34.5 Å². The summed E-state index contributed by atoms with van der Waals surface area (Å²) < 4.78 is 0. The maximum atomic E-state index is 12.6. The summed E-state index contributed by atoms with van der Waals surface area (Å²) in [6.45, 7) is 1.56. The second-order valence-electron chi connectivity index (χ2n) is 7.41. The van der Waals surface area contributed by atoms with E-state index in [4.69, 9.17) is 11.6 Å². The van der Waals surface area contributed by atoms with Gasteiger partial charge in [-0.25, -0.2) is 5.43 Å². The molecule has 0 fully saturated rings. The molecule has 0 aliphatic rings. The van der Waals surface area contributed by atoms with Gasteiger partial charge >= 0.3 is 0 Å². The summed E-state index contributed by atoms with van der Waals surface area (Å²) in [7, 11) is 3.80. The molecule has 2 amide bonds. The van der Waals surface area contributed by atoms with Crippen LogP contribution >= 0.6 is 11.6 Å². The molecule has 32 heavy (non-hydrogen) atoms. The number of phenolic OH excluding ortho intramolecular Hbond substituents is 1. The molecule has 3 aromatic carbocycles. The number of fused-ring (bicyclic) bond motifs is 1. The fourth-order valence-corrected chi connectivity index (χ4v) is 3.45. The van der Waals surface area contributed by atoms with Gasteiger partial charge in [0.25, 0.3) is 5.91 Å².